The molecule has 11 heteroatoms. The van der Waals surface area contributed by atoms with Crippen LogP contribution in [0.15, 0.2) is 18.2 Å². The van der Waals surface area contributed by atoms with Gasteiger partial charge in [-0.2, -0.15) is 0 Å². The van der Waals surface area contributed by atoms with Crippen molar-refractivity contribution in [1.29, 1.82) is 5.41 Å². The zero-order valence-electron chi connectivity index (χ0n) is 21.2. The summed E-state index contributed by atoms with van der Waals surface area (Å²) in [6.45, 7) is 8.30. The van der Waals surface area contributed by atoms with Gasteiger partial charge in [0.1, 0.15) is 24.6 Å². The standard InChI is InChI=1S/C25H34N4O7/c1-5-34-21(31)15-35-18-8-10-28(11-9-18)20(30)14-29-13-17-12-16(6-7-19(17)23(29)32)22(26)27-24(33)36-25(2,3)4/h6-7,12,18H,5,8-11,13-15H2,1-4H3,(H2,26,27,33). The molecule has 2 aliphatic rings. The van der Waals surface area contributed by atoms with E-state index in [2.05, 4.69) is 5.32 Å². The number of alkyl carbamates (subject to hydrolysis) is 1. The van der Waals surface area contributed by atoms with Crippen LogP contribution >= 0.6 is 0 Å². The van der Waals surface area contributed by atoms with Crippen LogP contribution in [0, 0.1) is 5.41 Å². The van der Waals surface area contributed by atoms with Crippen LogP contribution in [-0.2, 0) is 30.3 Å². The van der Waals surface area contributed by atoms with Gasteiger partial charge in [0.25, 0.3) is 5.91 Å². The first-order valence-electron chi connectivity index (χ1n) is 12.0. The molecule has 0 atom stereocenters. The van der Waals surface area contributed by atoms with Crippen molar-refractivity contribution in [3.05, 3.63) is 34.9 Å². The van der Waals surface area contributed by atoms with E-state index in [0.29, 0.717) is 49.2 Å². The van der Waals surface area contributed by atoms with E-state index in [1.165, 1.54) is 4.90 Å². The summed E-state index contributed by atoms with van der Waals surface area (Å²) in [4.78, 5) is 52.3. The number of benzene rings is 1. The molecule has 0 bridgehead atoms. The first kappa shape index (κ1) is 27.1. The predicted octanol–water partition coefficient (Wildman–Crippen LogP) is 2.06. The molecule has 0 saturated carbocycles. The summed E-state index contributed by atoms with van der Waals surface area (Å²) in [5.74, 6) is -0.937. The molecule has 3 amide bonds. The molecule has 1 saturated heterocycles. The number of esters is 1. The number of rotatable bonds is 7. The minimum Gasteiger partial charge on any atom is -0.464 e. The summed E-state index contributed by atoms with van der Waals surface area (Å²) in [6.07, 6.45) is 0.371. The highest BCUT2D eigenvalue weighted by Gasteiger charge is 2.32. The SMILES string of the molecule is CCOC(=O)COC1CCN(C(=O)CN2Cc3cc(C(=N)NC(=O)OC(C)(C)C)ccc3C2=O)CC1. The molecular formula is C25H34N4O7. The lowest BCUT2D eigenvalue weighted by Crippen LogP contribution is -2.45. The van der Waals surface area contributed by atoms with Gasteiger partial charge in [0.05, 0.1) is 12.7 Å². The molecule has 2 N–H and O–H groups in total. The lowest BCUT2D eigenvalue weighted by molar-refractivity contribution is -0.152. The Kier molecular flexibility index (Phi) is 8.67. The maximum absolute atomic E-state index is 12.8. The molecule has 1 aromatic carbocycles. The molecule has 0 aromatic heterocycles. The number of amides is 3. The summed E-state index contributed by atoms with van der Waals surface area (Å²) >= 11 is 0. The molecule has 0 aliphatic carbocycles. The Morgan fingerprint density at radius 3 is 2.50 bits per heavy atom. The van der Waals surface area contributed by atoms with Gasteiger partial charge in [-0.1, -0.05) is 6.07 Å². The molecule has 2 heterocycles. The molecular weight excluding hydrogens is 468 g/mol. The molecule has 0 spiro atoms. The second-order valence-corrected chi connectivity index (χ2v) is 9.73. The Bertz CT molecular complexity index is 1030. The van der Waals surface area contributed by atoms with Crippen molar-refractivity contribution in [2.45, 2.75) is 58.8 Å². The van der Waals surface area contributed by atoms with Crippen molar-refractivity contribution >= 4 is 29.7 Å². The summed E-state index contributed by atoms with van der Waals surface area (Å²) in [7, 11) is 0. The van der Waals surface area contributed by atoms with E-state index in [-0.39, 0.29) is 43.5 Å². The fraction of sp³-hybridized carbons (Fsp3) is 0.560. The van der Waals surface area contributed by atoms with Crippen LogP contribution in [-0.4, -0.2) is 84.1 Å². The van der Waals surface area contributed by atoms with Gasteiger partial charge in [-0.25, -0.2) is 9.59 Å². The lowest BCUT2D eigenvalue weighted by Gasteiger charge is -2.32. The number of fused-ring (bicyclic) bond motifs is 1. The summed E-state index contributed by atoms with van der Waals surface area (Å²) < 4.78 is 15.6. The van der Waals surface area contributed by atoms with Crippen LogP contribution in [0.1, 0.15) is 62.0 Å². The largest absolute Gasteiger partial charge is 0.464 e. The highest BCUT2D eigenvalue weighted by molar-refractivity contribution is 6.06. The predicted molar refractivity (Wildman–Crippen MR) is 130 cm³/mol. The smallest absolute Gasteiger partial charge is 0.413 e. The molecule has 2 aliphatic heterocycles. The molecule has 0 unspecified atom stereocenters. The Labute approximate surface area is 210 Å². The van der Waals surface area contributed by atoms with E-state index in [9.17, 15) is 19.2 Å². The van der Waals surface area contributed by atoms with Gasteiger partial charge < -0.3 is 24.0 Å². The third kappa shape index (κ3) is 7.27. The van der Waals surface area contributed by atoms with E-state index < -0.39 is 17.7 Å². The van der Waals surface area contributed by atoms with Gasteiger partial charge in [-0.05, 0) is 58.2 Å². The lowest BCUT2D eigenvalue weighted by atomic mass is 10.1. The number of carbonyl (C=O) groups excluding carboxylic acids is 4. The molecule has 36 heavy (non-hydrogen) atoms. The van der Waals surface area contributed by atoms with E-state index in [0.717, 1.165) is 0 Å². The highest BCUT2D eigenvalue weighted by Crippen LogP contribution is 2.24. The number of hydrogen-bond acceptors (Lipinski definition) is 8. The maximum atomic E-state index is 12.8. The van der Waals surface area contributed by atoms with Crippen molar-refractivity contribution in [2.75, 3.05) is 32.8 Å². The van der Waals surface area contributed by atoms with Crippen LogP contribution in [0.2, 0.25) is 0 Å². The molecule has 0 radical (unpaired) electrons. The van der Waals surface area contributed by atoms with Gasteiger partial charge in [0.15, 0.2) is 0 Å². The van der Waals surface area contributed by atoms with Crippen molar-refractivity contribution < 1.29 is 33.4 Å². The van der Waals surface area contributed by atoms with Gasteiger partial charge >= 0.3 is 12.1 Å². The minimum absolute atomic E-state index is 0.0508. The number of piperidine rings is 1. The number of hydrogen-bond donors (Lipinski definition) is 2. The fourth-order valence-electron chi connectivity index (χ4n) is 4.07. The normalized spacial score (nSPS) is 15.9. The van der Waals surface area contributed by atoms with E-state index in [1.807, 2.05) is 0 Å². The minimum atomic E-state index is -0.730. The Morgan fingerprint density at radius 1 is 1.17 bits per heavy atom. The highest BCUT2D eigenvalue weighted by atomic mass is 16.6. The van der Waals surface area contributed by atoms with Crippen molar-refractivity contribution in [3.8, 4) is 0 Å². The molecule has 196 valence electrons. The zero-order chi connectivity index (χ0) is 26.5. The second kappa shape index (κ2) is 11.5. The number of amidine groups is 1. The topological polar surface area (TPSA) is 138 Å². The molecule has 3 rings (SSSR count). The first-order chi connectivity index (χ1) is 17.0. The monoisotopic (exact) mass is 502 g/mol. The van der Waals surface area contributed by atoms with Gasteiger partial charge in [0.2, 0.25) is 5.91 Å². The Hall–Kier alpha value is -3.47. The number of likely N-dealkylation sites (tertiary alicyclic amines) is 1. The fourth-order valence-corrected chi connectivity index (χ4v) is 4.07. The van der Waals surface area contributed by atoms with Crippen molar-refractivity contribution in [2.24, 2.45) is 0 Å². The number of nitrogens with zero attached hydrogens (tertiary/aromatic N) is 2. The number of nitrogens with one attached hydrogen (secondary N) is 2. The van der Waals surface area contributed by atoms with Crippen LogP contribution in [0.3, 0.4) is 0 Å². The van der Waals surface area contributed by atoms with Crippen LogP contribution < -0.4 is 5.32 Å². The van der Waals surface area contributed by atoms with E-state index in [1.54, 1.807) is 50.8 Å². The quantitative estimate of drug-likeness (QED) is 0.331. The van der Waals surface area contributed by atoms with E-state index >= 15 is 0 Å². The molecule has 1 aromatic rings. The molecule has 1 fully saturated rings. The maximum Gasteiger partial charge on any atom is 0.413 e. The first-order valence-corrected chi connectivity index (χ1v) is 12.0. The van der Waals surface area contributed by atoms with Crippen molar-refractivity contribution in [3.63, 3.8) is 0 Å². The third-order valence-corrected chi connectivity index (χ3v) is 5.76. The second-order valence-electron chi connectivity index (χ2n) is 9.73. The van der Waals surface area contributed by atoms with Gasteiger partial charge in [-0.15, -0.1) is 0 Å². The number of carbonyl (C=O) groups is 4. The Balaban J connectivity index is 1.50. The van der Waals surface area contributed by atoms with Crippen LogP contribution in [0.4, 0.5) is 4.79 Å². The Morgan fingerprint density at radius 2 is 1.86 bits per heavy atom. The summed E-state index contributed by atoms with van der Waals surface area (Å²) in [5.41, 5.74) is 0.910. The average molecular weight is 503 g/mol. The molecule has 11 nitrogen and oxygen atoms in total. The van der Waals surface area contributed by atoms with Gasteiger partial charge in [-0.3, -0.25) is 20.3 Å². The summed E-state index contributed by atoms with van der Waals surface area (Å²) in [5, 5.41) is 10.6. The van der Waals surface area contributed by atoms with Gasteiger partial charge in [0, 0.05) is 30.8 Å². The summed E-state index contributed by atoms with van der Waals surface area (Å²) in [6, 6.07) is 4.86. The van der Waals surface area contributed by atoms with Crippen LogP contribution in [0.25, 0.3) is 0 Å². The third-order valence-electron chi connectivity index (χ3n) is 5.76. The average Bonchev–Trinajstić information content (AvgIpc) is 3.11. The number of ether oxygens (including phenoxy) is 3. The van der Waals surface area contributed by atoms with E-state index in [4.69, 9.17) is 19.6 Å². The van der Waals surface area contributed by atoms with Crippen molar-refractivity contribution in [1.82, 2.24) is 15.1 Å². The zero-order valence-corrected chi connectivity index (χ0v) is 21.2. The van der Waals surface area contributed by atoms with Crippen LogP contribution in [0.5, 0.6) is 0 Å².